The predicted molar refractivity (Wildman–Crippen MR) is 75.0 cm³/mol. The van der Waals surface area contributed by atoms with Gasteiger partial charge in [-0.2, -0.15) is 5.26 Å². The number of benzene rings is 1. The molecule has 4 heteroatoms. The summed E-state index contributed by atoms with van der Waals surface area (Å²) in [4.78, 5) is 10.5. The lowest BCUT2D eigenvalue weighted by molar-refractivity contribution is 0.711. The molecule has 0 bridgehead atoms. The van der Waals surface area contributed by atoms with Crippen molar-refractivity contribution in [2.24, 2.45) is 9.98 Å². The summed E-state index contributed by atoms with van der Waals surface area (Å²) in [6.07, 6.45) is 8.54. The summed E-state index contributed by atoms with van der Waals surface area (Å²) in [6.45, 7) is 0. The highest BCUT2D eigenvalue weighted by molar-refractivity contribution is 6.32. The molecule has 0 aromatic heterocycles. The number of aliphatic imine (C=N–C) groups is 2. The van der Waals surface area contributed by atoms with Gasteiger partial charge in [-0.05, 0) is 6.08 Å². The molecule has 0 radical (unpaired) electrons. The van der Waals surface area contributed by atoms with Crippen molar-refractivity contribution >= 4 is 17.7 Å². The normalized spacial score (nSPS) is 18.7. The van der Waals surface area contributed by atoms with Gasteiger partial charge in [0.05, 0.1) is 23.7 Å². The van der Waals surface area contributed by atoms with E-state index in [1.165, 1.54) is 6.08 Å². The van der Waals surface area contributed by atoms with Crippen LogP contribution in [-0.2, 0) is 0 Å². The SMILES string of the molecule is N#C/C=C1\C=C(c2ccccc2)N=C2C=NC=CN21. The molecule has 19 heavy (non-hydrogen) atoms. The first-order valence-electron chi connectivity index (χ1n) is 5.83. The van der Waals surface area contributed by atoms with Gasteiger partial charge in [0.1, 0.15) is 0 Å². The van der Waals surface area contributed by atoms with Gasteiger partial charge in [-0.25, -0.2) is 4.99 Å². The third-order valence-electron chi connectivity index (χ3n) is 2.82. The Kier molecular flexibility index (Phi) is 2.79. The average molecular weight is 246 g/mol. The Balaban J connectivity index is 2.10. The third kappa shape index (κ3) is 2.09. The monoisotopic (exact) mass is 246 g/mol. The molecule has 90 valence electrons. The molecule has 4 nitrogen and oxygen atoms in total. The fourth-order valence-electron chi connectivity index (χ4n) is 1.95. The molecule has 0 unspecified atom stereocenters. The maximum Gasteiger partial charge on any atom is 0.156 e. The number of amidine groups is 1. The Morgan fingerprint density at radius 2 is 2.05 bits per heavy atom. The van der Waals surface area contributed by atoms with Crippen LogP contribution in [0.2, 0.25) is 0 Å². The summed E-state index contributed by atoms with van der Waals surface area (Å²) in [5.41, 5.74) is 2.63. The van der Waals surface area contributed by atoms with Crippen molar-refractivity contribution < 1.29 is 0 Å². The van der Waals surface area contributed by atoms with Crippen LogP contribution in [0.25, 0.3) is 5.70 Å². The lowest BCUT2D eigenvalue weighted by atomic mass is 10.1. The number of fused-ring (bicyclic) bond motifs is 1. The molecule has 1 aromatic rings. The number of hydrogen-bond donors (Lipinski definition) is 0. The van der Waals surface area contributed by atoms with Crippen molar-refractivity contribution in [3.05, 3.63) is 66.1 Å². The number of nitriles is 1. The maximum atomic E-state index is 8.89. The fourth-order valence-corrected chi connectivity index (χ4v) is 1.95. The van der Waals surface area contributed by atoms with E-state index in [1.807, 2.05) is 41.3 Å². The van der Waals surface area contributed by atoms with Gasteiger partial charge < -0.3 is 0 Å². The van der Waals surface area contributed by atoms with Gasteiger partial charge in [-0.15, -0.1) is 0 Å². The van der Waals surface area contributed by atoms with E-state index >= 15 is 0 Å². The molecule has 2 heterocycles. The molecular weight excluding hydrogens is 236 g/mol. The van der Waals surface area contributed by atoms with Gasteiger partial charge in [0.2, 0.25) is 0 Å². The third-order valence-corrected chi connectivity index (χ3v) is 2.82. The molecular formula is C15H10N4. The minimum atomic E-state index is 0.713. The van der Waals surface area contributed by atoms with E-state index in [4.69, 9.17) is 5.26 Å². The molecule has 0 aliphatic carbocycles. The van der Waals surface area contributed by atoms with Crippen LogP contribution < -0.4 is 0 Å². The van der Waals surface area contributed by atoms with Crippen LogP contribution in [0.4, 0.5) is 0 Å². The minimum absolute atomic E-state index is 0.713. The molecule has 0 saturated carbocycles. The maximum absolute atomic E-state index is 8.89. The van der Waals surface area contributed by atoms with E-state index in [9.17, 15) is 0 Å². The summed E-state index contributed by atoms with van der Waals surface area (Å²) in [5.74, 6) is 0.713. The van der Waals surface area contributed by atoms with E-state index in [1.54, 1.807) is 18.6 Å². The molecule has 3 rings (SSSR count). The summed E-state index contributed by atoms with van der Waals surface area (Å²) in [5, 5.41) is 8.89. The van der Waals surface area contributed by atoms with Crippen molar-refractivity contribution in [3.63, 3.8) is 0 Å². The molecule has 2 aliphatic rings. The molecule has 0 saturated heterocycles. The summed E-state index contributed by atoms with van der Waals surface area (Å²) in [6, 6.07) is 11.9. The predicted octanol–water partition coefficient (Wildman–Crippen LogP) is 2.70. The standard InChI is InChI=1S/C15H10N4/c16-7-6-13-10-14(12-4-2-1-3-5-12)18-15-11-17-8-9-19(13)15/h1-6,8-11H/b13-6+. The largest absolute Gasteiger partial charge is 0.298 e. The number of nitrogens with zero attached hydrogens (tertiary/aromatic N) is 4. The van der Waals surface area contributed by atoms with Gasteiger partial charge >= 0.3 is 0 Å². The lowest BCUT2D eigenvalue weighted by Gasteiger charge is -2.26. The highest BCUT2D eigenvalue weighted by Gasteiger charge is 2.19. The van der Waals surface area contributed by atoms with E-state index < -0.39 is 0 Å². The van der Waals surface area contributed by atoms with Crippen molar-refractivity contribution in [3.8, 4) is 6.07 Å². The first-order chi connectivity index (χ1) is 9.38. The summed E-state index contributed by atoms with van der Waals surface area (Å²) >= 11 is 0. The van der Waals surface area contributed by atoms with Crippen LogP contribution in [0.1, 0.15) is 5.56 Å². The minimum Gasteiger partial charge on any atom is -0.298 e. The summed E-state index contributed by atoms with van der Waals surface area (Å²) in [7, 11) is 0. The second-order valence-electron chi connectivity index (χ2n) is 4.01. The molecule has 0 fully saturated rings. The van der Waals surface area contributed by atoms with Gasteiger partial charge in [0.25, 0.3) is 0 Å². The molecule has 0 N–H and O–H groups in total. The first-order valence-corrected chi connectivity index (χ1v) is 5.83. The van der Waals surface area contributed by atoms with Crippen molar-refractivity contribution in [2.75, 3.05) is 0 Å². The quantitative estimate of drug-likeness (QED) is 0.715. The topological polar surface area (TPSA) is 51.8 Å². The zero-order valence-electron chi connectivity index (χ0n) is 10.1. The van der Waals surface area contributed by atoms with Crippen LogP contribution in [0.3, 0.4) is 0 Å². The second-order valence-corrected chi connectivity index (χ2v) is 4.01. The van der Waals surface area contributed by atoms with Crippen LogP contribution in [0, 0.1) is 11.3 Å². The van der Waals surface area contributed by atoms with Crippen LogP contribution in [0.15, 0.2) is 70.6 Å². The van der Waals surface area contributed by atoms with E-state index in [0.29, 0.717) is 5.84 Å². The first kappa shape index (κ1) is 11.2. The van der Waals surface area contributed by atoms with E-state index in [0.717, 1.165) is 17.0 Å². The van der Waals surface area contributed by atoms with Crippen molar-refractivity contribution in [2.45, 2.75) is 0 Å². The summed E-state index contributed by atoms with van der Waals surface area (Å²) < 4.78 is 0. The van der Waals surface area contributed by atoms with Gasteiger partial charge in [-0.1, -0.05) is 30.3 Å². The Labute approximate surface area is 111 Å². The Morgan fingerprint density at radius 1 is 1.21 bits per heavy atom. The molecule has 0 atom stereocenters. The van der Waals surface area contributed by atoms with Crippen molar-refractivity contribution in [1.29, 1.82) is 5.26 Å². The van der Waals surface area contributed by atoms with E-state index in [-0.39, 0.29) is 0 Å². The van der Waals surface area contributed by atoms with Gasteiger partial charge in [0.15, 0.2) is 5.84 Å². The van der Waals surface area contributed by atoms with Crippen LogP contribution in [-0.4, -0.2) is 17.0 Å². The number of hydrogen-bond acceptors (Lipinski definition) is 4. The van der Waals surface area contributed by atoms with Crippen molar-refractivity contribution in [1.82, 2.24) is 4.90 Å². The number of rotatable bonds is 1. The lowest BCUT2D eigenvalue weighted by Crippen LogP contribution is -2.29. The van der Waals surface area contributed by atoms with E-state index in [2.05, 4.69) is 16.1 Å². The Morgan fingerprint density at radius 3 is 2.84 bits per heavy atom. The molecule has 0 amide bonds. The number of allylic oxidation sites excluding steroid dienone is 2. The second kappa shape index (κ2) is 4.75. The van der Waals surface area contributed by atoms with Crippen LogP contribution >= 0.6 is 0 Å². The Hall–Kier alpha value is -2.93. The average Bonchev–Trinajstić information content (AvgIpc) is 2.48. The zero-order chi connectivity index (χ0) is 13.1. The van der Waals surface area contributed by atoms with Gasteiger partial charge in [-0.3, -0.25) is 9.89 Å². The molecule has 2 aliphatic heterocycles. The molecule has 0 spiro atoms. The zero-order valence-corrected chi connectivity index (χ0v) is 10.1. The smallest absolute Gasteiger partial charge is 0.156 e. The highest BCUT2D eigenvalue weighted by Crippen LogP contribution is 2.25. The Bertz CT molecular complexity index is 685. The van der Waals surface area contributed by atoms with Crippen LogP contribution in [0.5, 0.6) is 0 Å². The molecule has 1 aromatic carbocycles. The fraction of sp³-hybridized carbons (Fsp3) is 0. The highest BCUT2D eigenvalue weighted by atomic mass is 15.2. The van der Waals surface area contributed by atoms with Gasteiger partial charge in [0, 0.05) is 24.0 Å².